The predicted octanol–water partition coefficient (Wildman–Crippen LogP) is 3.26. The van der Waals surface area contributed by atoms with Crippen molar-refractivity contribution in [3.63, 3.8) is 0 Å². The molecule has 35 heavy (non-hydrogen) atoms. The summed E-state index contributed by atoms with van der Waals surface area (Å²) in [5.41, 5.74) is 3.62. The minimum atomic E-state index is 0.485. The molecule has 1 saturated carbocycles. The van der Waals surface area contributed by atoms with Crippen LogP contribution in [0.25, 0.3) is 10.9 Å². The maximum absolute atomic E-state index is 5.61. The van der Waals surface area contributed by atoms with Gasteiger partial charge in [0.15, 0.2) is 11.5 Å². The maximum atomic E-state index is 5.61. The average Bonchev–Trinajstić information content (AvgIpc) is 3.78. The zero-order valence-corrected chi connectivity index (χ0v) is 20.7. The topological polar surface area (TPSA) is 66.0 Å². The van der Waals surface area contributed by atoms with Crippen LogP contribution in [0.15, 0.2) is 36.4 Å². The Hall–Kier alpha value is -3.26. The number of aromatic nitrogens is 2. The molecule has 0 radical (unpaired) electrons. The smallest absolute Gasteiger partial charge is 0.162 e. The molecule has 2 saturated heterocycles. The van der Waals surface area contributed by atoms with E-state index in [1.165, 1.54) is 24.2 Å². The highest BCUT2D eigenvalue weighted by atomic mass is 16.5. The second kappa shape index (κ2) is 9.41. The Labute approximate surface area is 206 Å². The summed E-state index contributed by atoms with van der Waals surface area (Å²) in [7, 11) is 3.35. The van der Waals surface area contributed by atoms with Crippen LogP contribution in [0, 0.1) is 0 Å². The first-order valence-corrected chi connectivity index (χ1v) is 12.7. The third-order valence-corrected chi connectivity index (χ3v) is 7.40. The number of hydrogen-bond acceptors (Lipinski definition) is 8. The molecule has 0 unspecified atom stereocenters. The lowest BCUT2D eigenvalue weighted by atomic mass is 10.1. The largest absolute Gasteiger partial charge is 0.493 e. The Balaban J connectivity index is 1.29. The number of anilines is 3. The van der Waals surface area contributed by atoms with E-state index in [-0.39, 0.29) is 0 Å². The van der Waals surface area contributed by atoms with Crippen LogP contribution in [-0.2, 0) is 0 Å². The number of fused-ring (bicyclic) bond motifs is 1. The molecule has 1 aromatic heterocycles. The van der Waals surface area contributed by atoms with Gasteiger partial charge in [0.2, 0.25) is 0 Å². The molecule has 1 N–H and O–H groups in total. The quantitative estimate of drug-likeness (QED) is 0.584. The molecular weight excluding hydrogens is 440 g/mol. The highest BCUT2D eigenvalue weighted by molar-refractivity contribution is 5.92. The molecule has 0 atom stereocenters. The summed E-state index contributed by atoms with van der Waals surface area (Å²) >= 11 is 0. The summed E-state index contributed by atoms with van der Waals surface area (Å²) in [6.45, 7) is 7.95. The van der Waals surface area contributed by atoms with Crippen molar-refractivity contribution < 1.29 is 9.47 Å². The number of hydrogen-bond donors (Lipinski definition) is 1. The molecule has 2 aromatic carbocycles. The molecule has 3 aliphatic rings. The van der Waals surface area contributed by atoms with Crippen molar-refractivity contribution in [3.05, 3.63) is 42.2 Å². The molecule has 0 bridgehead atoms. The van der Waals surface area contributed by atoms with Crippen LogP contribution in [0.1, 0.15) is 24.6 Å². The van der Waals surface area contributed by atoms with E-state index in [4.69, 9.17) is 19.4 Å². The van der Waals surface area contributed by atoms with Gasteiger partial charge in [-0.2, -0.15) is 0 Å². The standard InChI is InChI=1S/C27H34N6O2/c1-34-24-17-20-21(18-25(24)35-2)29-26(19-7-8-19)30-27(20)33-15-13-32(14-16-33)23-6-4-3-5-22(23)31-11-9-28-10-12-31/h3-6,17-19,28H,7-16H2,1-2H3. The second-order valence-corrected chi connectivity index (χ2v) is 9.60. The number of nitrogens with one attached hydrogen (secondary N) is 1. The number of rotatable bonds is 6. The normalized spacial score (nSPS) is 18.7. The first-order valence-electron chi connectivity index (χ1n) is 12.7. The molecule has 3 aromatic rings. The molecule has 0 amide bonds. The fourth-order valence-corrected chi connectivity index (χ4v) is 5.29. The first-order chi connectivity index (χ1) is 17.2. The Morgan fingerprint density at radius 3 is 2.00 bits per heavy atom. The van der Waals surface area contributed by atoms with Gasteiger partial charge in [-0.3, -0.25) is 0 Å². The minimum Gasteiger partial charge on any atom is -0.493 e. The lowest BCUT2D eigenvalue weighted by molar-refractivity contribution is 0.355. The van der Waals surface area contributed by atoms with E-state index in [1.54, 1.807) is 14.2 Å². The minimum absolute atomic E-state index is 0.485. The highest BCUT2D eigenvalue weighted by Crippen LogP contribution is 2.42. The monoisotopic (exact) mass is 474 g/mol. The molecule has 6 rings (SSSR count). The number of ether oxygens (including phenoxy) is 2. The van der Waals surface area contributed by atoms with E-state index in [9.17, 15) is 0 Å². The molecule has 184 valence electrons. The van der Waals surface area contributed by atoms with Crippen LogP contribution >= 0.6 is 0 Å². The van der Waals surface area contributed by atoms with Gasteiger partial charge in [0.1, 0.15) is 11.6 Å². The van der Waals surface area contributed by atoms with Crippen LogP contribution in [0.3, 0.4) is 0 Å². The van der Waals surface area contributed by atoms with Crippen molar-refractivity contribution in [1.82, 2.24) is 15.3 Å². The molecular formula is C27H34N6O2. The highest BCUT2D eigenvalue weighted by Gasteiger charge is 2.30. The van der Waals surface area contributed by atoms with Crippen LogP contribution in [0.5, 0.6) is 11.5 Å². The Morgan fingerprint density at radius 2 is 1.37 bits per heavy atom. The Kier molecular flexibility index (Phi) is 5.98. The van der Waals surface area contributed by atoms with Crippen molar-refractivity contribution in [1.29, 1.82) is 0 Å². The molecule has 8 heteroatoms. The van der Waals surface area contributed by atoms with Crippen LogP contribution in [0.4, 0.5) is 17.2 Å². The van der Waals surface area contributed by atoms with E-state index >= 15 is 0 Å². The van der Waals surface area contributed by atoms with Gasteiger partial charge in [0.25, 0.3) is 0 Å². The van der Waals surface area contributed by atoms with Gasteiger partial charge < -0.3 is 29.5 Å². The zero-order valence-electron chi connectivity index (χ0n) is 20.7. The van der Waals surface area contributed by atoms with Gasteiger partial charge in [-0.05, 0) is 31.0 Å². The van der Waals surface area contributed by atoms with Gasteiger partial charge >= 0.3 is 0 Å². The molecule has 2 aliphatic heterocycles. The molecule has 3 fully saturated rings. The number of nitrogens with zero attached hydrogens (tertiary/aromatic N) is 5. The third kappa shape index (κ3) is 4.31. The van der Waals surface area contributed by atoms with Crippen molar-refractivity contribution >= 4 is 28.1 Å². The van der Waals surface area contributed by atoms with Crippen molar-refractivity contribution in [2.75, 3.05) is 81.3 Å². The molecule has 1 aliphatic carbocycles. The number of piperazine rings is 2. The van der Waals surface area contributed by atoms with Crippen molar-refractivity contribution in [2.45, 2.75) is 18.8 Å². The van der Waals surface area contributed by atoms with E-state index in [2.05, 4.69) is 44.3 Å². The molecule has 8 nitrogen and oxygen atoms in total. The SMILES string of the molecule is COc1cc2nc(C3CC3)nc(N3CCN(c4ccccc4N4CCNCC4)CC3)c2cc1OC. The zero-order chi connectivity index (χ0) is 23.8. The summed E-state index contributed by atoms with van der Waals surface area (Å²) in [5, 5.41) is 4.49. The van der Waals surface area contributed by atoms with Crippen molar-refractivity contribution in [2.24, 2.45) is 0 Å². The first kappa shape index (κ1) is 22.2. The summed E-state index contributed by atoms with van der Waals surface area (Å²) in [4.78, 5) is 17.5. The number of methoxy groups -OCH3 is 2. The van der Waals surface area contributed by atoms with Gasteiger partial charge in [0, 0.05) is 69.7 Å². The van der Waals surface area contributed by atoms with Crippen LogP contribution < -0.4 is 29.5 Å². The average molecular weight is 475 g/mol. The summed E-state index contributed by atoms with van der Waals surface area (Å²) in [6.07, 6.45) is 2.35. The summed E-state index contributed by atoms with van der Waals surface area (Å²) in [6, 6.07) is 12.9. The maximum Gasteiger partial charge on any atom is 0.162 e. The van der Waals surface area contributed by atoms with Crippen molar-refractivity contribution in [3.8, 4) is 11.5 Å². The third-order valence-electron chi connectivity index (χ3n) is 7.40. The Morgan fingerprint density at radius 1 is 0.771 bits per heavy atom. The van der Waals surface area contributed by atoms with Crippen LogP contribution in [-0.4, -0.2) is 76.5 Å². The van der Waals surface area contributed by atoms with E-state index < -0.39 is 0 Å². The molecule has 0 spiro atoms. The lowest BCUT2D eigenvalue weighted by Gasteiger charge is -2.40. The summed E-state index contributed by atoms with van der Waals surface area (Å²) in [5.74, 6) is 3.89. The van der Waals surface area contributed by atoms with Gasteiger partial charge in [-0.25, -0.2) is 9.97 Å². The lowest BCUT2D eigenvalue weighted by Crippen LogP contribution is -2.48. The van der Waals surface area contributed by atoms with E-state index in [0.717, 1.165) is 74.9 Å². The predicted molar refractivity (Wildman–Crippen MR) is 141 cm³/mol. The molecule has 3 heterocycles. The van der Waals surface area contributed by atoms with Gasteiger partial charge in [-0.1, -0.05) is 12.1 Å². The number of benzene rings is 2. The fourth-order valence-electron chi connectivity index (χ4n) is 5.29. The summed E-state index contributed by atoms with van der Waals surface area (Å²) < 4.78 is 11.2. The van der Waals surface area contributed by atoms with Gasteiger partial charge in [-0.15, -0.1) is 0 Å². The second-order valence-electron chi connectivity index (χ2n) is 9.60. The Bertz CT molecular complexity index is 1200. The van der Waals surface area contributed by atoms with Gasteiger partial charge in [0.05, 0.1) is 31.1 Å². The fraction of sp³-hybridized carbons (Fsp3) is 0.481. The van der Waals surface area contributed by atoms with E-state index in [0.29, 0.717) is 17.4 Å². The number of para-hydroxylation sites is 2. The van der Waals surface area contributed by atoms with E-state index in [1.807, 2.05) is 12.1 Å². The van der Waals surface area contributed by atoms with Crippen LogP contribution in [0.2, 0.25) is 0 Å².